The van der Waals surface area contributed by atoms with E-state index >= 15 is 0 Å². The number of piperazine rings is 1. The first-order chi connectivity index (χ1) is 15.7. The molecule has 1 saturated heterocycles. The Morgan fingerprint density at radius 1 is 0.879 bits per heavy atom. The van der Waals surface area contributed by atoms with E-state index in [2.05, 4.69) is 4.90 Å². The Labute approximate surface area is 193 Å². The maximum absolute atomic E-state index is 12.4. The van der Waals surface area contributed by atoms with Crippen molar-refractivity contribution in [2.75, 3.05) is 44.2 Å². The standard InChI is InChI=1S/C25H29N3O5/c1-25(2,3)33-24(31)27-14-12-26(13-15-27)18-8-10-19(11-9-18)32-17-16-28-22(29)20-6-4-5-7-21(20)23(28)30/h4-11H,12-17H2,1-3H3. The van der Waals surface area contributed by atoms with Gasteiger partial charge in [0.25, 0.3) is 11.8 Å². The van der Waals surface area contributed by atoms with Gasteiger partial charge in [0.05, 0.1) is 17.7 Å². The molecule has 2 aliphatic heterocycles. The number of imide groups is 1. The molecule has 0 spiro atoms. The van der Waals surface area contributed by atoms with Crippen molar-refractivity contribution >= 4 is 23.6 Å². The Morgan fingerprint density at radius 2 is 1.45 bits per heavy atom. The van der Waals surface area contributed by atoms with Crippen LogP contribution in [0, 0.1) is 0 Å². The van der Waals surface area contributed by atoms with Gasteiger partial charge in [-0.15, -0.1) is 0 Å². The molecule has 2 aliphatic rings. The van der Waals surface area contributed by atoms with Gasteiger partial charge in [0, 0.05) is 31.9 Å². The normalized spacial score (nSPS) is 16.2. The zero-order valence-corrected chi connectivity index (χ0v) is 19.2. The summed E-state index contributed by atoms with van der Waals surface area (Å²) in [6.45, 7) is 8.67. The zero-order valence-electron chi connectivity index (χ0n) is 19.2. The van der Waals surface area contributed by atoms with Gasteiger partial charge in [0.1, 0.15) is 18.0 Å². The summed E-state index contributed by atoms with van der Waals surface area (Å²) in [5, 5.41) is 0. The highest BCUT2D eigenvalue weighted by Crippen LogP contribution is 2.24. The van der Waals surface area contributed by atoms with Gasteiger partial charge < -0.3 is 19.3 Å². The number of carbonyl (C=O) groups is 3. The molecule has 2 aromatic rings. The minimum Gasteiger partial charge on any atom is -0.492 e. The van der Waals surface area contributed by atoms with Crippen LogP contribution in [0.15, 0.2) is 48.5 Å². The minimum atomic E-state index is -0.497. The second kappa shape index (κ2) is 9.13. The predicted octanol–water partition coefficient (Wildman–Crippen LogP) is 3.42. The van der Waals surface area contributed by atoms with Crippen LogP contribution in [-0.4, -0.2) is 72.6 Å². The number of fused-ring (bicyclic) bond motifs is 1. The van der Waals surface area contributed by atoms with E-state index in [-0.39, 0.29) is 31.1 Å². The molecular formula is C25H29N3O5. The largest absolute Gasteiger partial charge is 0.492 e. The fourth-order valence-corrected chi connectivity index (χ4v) is 3.92. The van der Waals surface area contributed by atoms with E-state index in [1.165, 1.54) is 4.90 Å². The van der Waals surface area contributed by atoms with Crippen LogP contribution >= 0.6 is 0 Å². The lowest BCUT2D eigenvalue weighted by atomic mass is 10.1. The monoisotopic (exact) mass is 451 g/mol. The number of amides is 3. The summed E-state index contributed by atoms with van der Waals surface area (Å²) in [4.78, 5) is 42.2. The molecule has 2 aromatic carbocycles. The Kier molecular flexibility index (Phi) is 6.26. The van der Waals surface area contributed by atoms with Crippen molar-refractivity contribution in [3.8, 4) is 5.75 Å². The van der Waals surface area contributed by atoms with Crippen LogP contribution < -0.4 is 9.64 Å². The first-order valence-electron chi connectivity index (χ1n) is 11.1. The number of anilines is 1. The average Bonchev–Trinajstić information content (AvgIpc) is 3.04. The van der Waals surface area contributed by atoms with E-state index < -0.39 is 5.60 Å². The van der Waals surface area contributed by atoms with Crippen molar-refractivity contribution in [1.82, 2.24) is 9.80 Å². The summed E-state index contributed by atoms with van der Waals surface area (Å²) in [5.74, 6) is 0.114. The zero-order chi connectivity index (χ0) is 23.6. The summed E-state index contributed by atoms with van der Waals surface area (Å²) in [6.07, 6.45) is -0.274. The maximum atomic E-state index is 12.4. The van der Waals surface area contributed by atoms with E-state index in [0.29, 0.717) is 30.0 Å². The van der Waals surface area contributed by atoms with Crippen LogP contribution in [0.25, 0.3) is 0 Å². The molecule has 2 heterocycles. The van der Waals surface area contributed by atoms with Crippen molar-refractivity contribution in [1.29, 1.82) is 0 Å². The van der Waals surface area contributed by atoms with Gasteiger partial charge in [-0.1, -0.05) is 12.1 Å². The van der Waals surface area contributed by atoms with E-state index in [1.54, 1.807) is 29.2 Å². The average molecular weight is 452 g/mol. The highest BCUT2D eigenvalue weighted by atomic mass is 16.6. The summed E-state index contributed by atoms with van der Waals surface area (Å²) in [7, 11) is 0. The maximum Gasteiger partial charge on any atom is 0.410 e. The molecule has 4 rings (SSSR count). The number of hydrogen-bond acceptors (Lipinski definition) is 6. The Hall–Kier alpha value is -3.55. The Bertz CT molecular complexity index is 1000. The van der Waals surface area contributed by atoms with Gasteiger partial charge in [0.2, 0.25) is 0 Å². The lowest BCUT2D eigenvalue weighted by Gasteiger charge is -2.36. The topological polar surface area (TPSA) is 79.4 Å². The molecule has 3 amide bonds. The van der Waals surface area contributed by atoms with Crippen LogP contribution in [-0.2, 0) is 4.74 Å². The molecule has 0 aliphatic carbocycles. The third kappa shape index (κ3) is 5.10. The van der Waals surface area contributed by atoms with Crippen LogP contribution in [0.1, 0.15) is 41.5 Å². The summed E-state index contributed by atoms with van der Waals surface area (Å²) in [6, 6.07) is 14.5. The molecule has 0 saturated carbocycles. The molecule has 1 fully saturated rings. The van der Waals surface area contributed by atoms with Crippen molar-refractivity contribution in [3.05, 3.63) is 59.7 Å². The summed E-state index contributed by atoms with van der Waals surface area (Å²) in [5.41, 5.74) is 1.44. The van der Waals surface area contributed by atoms with Crippen LogP contribution in [0.4, 0.5) is 10.5 Å². The Morgan fingerprint density at radius 3 is 2.00 bits per heavy atom. The molecule has 8 nitrogen and oxygen atoms in total. The van der Waals surface area contributed by atoms with Crippen LogP contribution in [0.3, 0.4) is 0 Å². The summed E-state index contributed by atoms with van der Waals surface area (Å²) < 4.78 is 11.2. The van der Waals surface area contributed by atoms with Gasteiger partial charge >= 0.3 is 6.09 Å². The molecule has 0 N–H and O–H groups in total. The fourth-order valence-electron chi connectivity index (χ4n) is 3.92. The van der Waals surface area contributed by atoms with Crippen LogP contribution in [0.5, 0.6) is 5.75 Å². The lowest BCUT2D eigenvalue weighted by molar-refractivity contribution is 0.0240. The van der Waals surface area contributed by atoms with E-state index in [0.717, 1.165) is 18.8 Å². The third-order valence-corrected chi connectivity index (χ3v) is 5.60. The highest BCUT2D eigenvalue weighted by Gasteiger charge is 2.34. The number of benzene rings is 2. The van der Waals surface area contributed by atoms with Crippen molar-refractivity contribution < 1.29 is 23.9 Å². The first-order valence-corrected chi connectivity index (χ1v) is 11.1. The minimum absolute atomic E-state index is 0.195. The van der Waals surface area contributed by atoms with Gasteiger partial charge in [-0.05, 0) is 57.2 Å². The smallest absolute Gasteiger partial charge is 0.410 e. The van der Waals surface area contributed by atoms with E-state index in [4.69, 9.17) is 9.47 Å². The number of hydrogen-bond donors (Lipinski definition) is 0. The first kappa shape index (κ1) is 22.6. The second-order valence-electron chi connectivity index (χ2n) is 9.10. The van der Waals surface area contributed by atoms with Crippen molar-refractivity contribution in [3.63, 3.8) is 0 Å². The third-order valence-electron chi connectivity index (χ3n) is 5.60. The molecule has 0 aromatic heterocycles. The van der Waals surface area contributed by atoms with Crippen LogP contribution in [0.2, 0.25) is 0 Å². The van der Waals surface area contributed by atoms with Gasteiger partial charge in [-0.3, -0.25) is 14.5 Å². The molecular weight excluding hydrogens is 422 g/mol. The number of carbonyl (C=O) groups excluding carboxylic acids is 3. The number of ether oxygens (including phenoxy) is 2. The summed E-state index contributed by atoms with van der Waals surface area (Å²) >= 11 is 0. The number of nitrogens with zero attached hydrogens (tertiary/aromatic N) is 3. The molecule has 0 atom stereocenters. The quantitative estimate of drug-likeness (QED) is 0.648. The molecule has 0 bridgehead atoms. The second-order valence-corrected chi connectivity index (χ2v) is 9.10. The van der Waals surface area contributed by atoms with E-state index in [1.807, 2.05) is 45.0 Å². The Balaban J connectivity index is 1.25. The van der Waals surface area contributed by atoms with Gasteiger partial charge in [-0.25, -0.2) is 4.79 Å². The SMILES string of the molecule is CC(C)(C)OC(=O)N1CCN(c2ccc(OCCN3C(=O)c4ccccc4C3=O)cc2)CC1. The number of rotatable bonds is 5. The van der Waals surface area contributed by atoms with Crippen molar-refractivity contribution in [2.45, 2.75) is 26.4 Å². The van der Waals surface area contributed by atoms with Gasteiger partial charge in [0.15, 0.2) is 0 Å². The fraction of sp³-hybridized carbons (Fsp3) is 0.400. The highest BCUT2D eigenvalue weighted by molar-refractivity contribution is 6.21. The predicted molar refractivity (Wildman–Crippen MR) is 124 cm³/mol. The molecule has 0 radical (unpaired) electrons. The molecule has 174 valence electrons. The lowest BCUT2D eigenvalue weighted by Crippen LogP contribution is -2.50. The molecule has 8 heteroatoms. The molecule has 0 unspecified atom stereocenters. The van der Waals surface area contributed by atoms with Crippen molar-refractivity contribution in [2.24, 2.45) is 0 Å². The van der Waals surface area contributed by atoms with Gasteiger partial charge in [-0.2, -0.15) is 0 Å². The molecule has 33 heavy (non-hydrogen) atoms. The van der Waals surface area contributed by atoms with E-state index in [9.17, 15) is 14.4 Å².